The van der Waals surface area contributed by atoms with Crippen LogP contribution in [-0.2, 0) is 23.8 Å². The molecule has 9 heteroatoms. The fourth-order valence-corrected chi connectivity index (χ4v) is 3.19. The van der Waals surface area contributed by atoms with Crippen LogP contribution in [0.1, 0.15) is 77.5 Å². The zero-order chi connectivity index (χ0) is 22.8. The van der Waals surface area contributed by atoms with E-state index < -0.39 is 29.7 Å². The first-order chi connectivity index (χ1) is 14.9. The first-order valence-corrected chi connectivity index (χ1v) is 10.7. The van der Waals surface area contributed by atoms with Gasteiger partial charge in [-0.15, -0.1) is 5.92 Å². The Balaban J connectivity index is 2.19. The molecule has 1 aliphatic rings. The van der Waals surface area contributed by atoms with Gasteiger partial charge in [0.05, 0.1) is 0 Å². The summed E-state index contributed by atoms with van der Waals surface area (Å²) in [5.74, 6) is 4.54. The Morgan fingerprint density at radius 3 is 2.52 bits per heavy atom. The molecule has 1 aliphatic heterocycles. The van der Waals surface area contributed by atoms with E-state index in [9.17, 15) is 19.2 Å². The molecule has 170 valence electrons. The zero-order valence-electron chi connectivity index (χ0n) is 18.3. The number of hydrogen-bond acceptors (Lipinski definition) is 7. The second kappa shape index (κ2) is 12.1. The molecule has 1 aromatic heterocycles. The third kappa shape index (κ3) is 7.10. The van der Waals surface area contributed by atoms with Crippen LogP contribution in [0.3, 0.4) is 0 Å². The Labute approximate surface area is 181 Å². The normalized spacial score (nSPS) is 20.0. The maximum Gasteiger partial charge on any atom is 0.330 e. The number of ether oxygens (including phenoxy) is 3. The number of carbonyl (C=O) groups is 2. The SMILES string of the molecule is CC#Cc1cn([C@H]2C[C@H](OC(=O)CCCC)[C@@H](COC(=O)CCCC)O2)c(=O)[nH]c1=O. The Bertz CT molecular complexity index is 938. The van der Waals surface area contributed by atoms with Crippen molar-refractivity contribution in [2.45, 2.75) is 84.2 Å². The van der Waals surface area contributed by atoms with Crippen LogP contribution >= 0.6 is 0 Å². The third-order valence-electron chi connectivity index (χ3n) is 4.88. The highest BCUT2D eigenvalue weighted by atomic mass is 16.6. The molecule has 9 nitrogen and oxygen atoms in total. The van der Waals surface area contributed by atoms with Crippen molar-refractivity contribution >= 4 is 11.9 Å². The van der Waals surface area contributed by atoms with Gasteiger partial charge >= 0.3 is 17.6 Å². The topological polar surface area (TPSA) is 117 Å². The summed E-state index contributed by atoms with van der Waals surface area (Å²) >= 11 is 0. The van der Waals surface area contributed by atoms with Crippen molar-refractivity contribution in [3.05, 3.63) is 32.6 Å². The van der Waals surface area contributed by atoms with Crippen molar-refractivity contribution in [1.29, 1.82) is 0 Å². The highest BCUT2D eigenvalue weighted by Crippen LogP contribution is 2.30. The van der Waals surface area contributed by atoms with Gasteiger partial charge in [0.25, 0.3) is 5.56 Å². The summed E-state index contributed by atoms with van der Waals surface area (Å²) < 4.78 is 18.0. The number of nitrogens with zero attached hydrogens (tertiary/aromatic N) is 1. The van der Waals surface area contributed by atoms with E-state index in [0.717, 1.165) is 19.3 Å². The molecule has 1 saturated heterocycles. The average Bonchev–Trinajstić information content (AvgIpc) is 3.13. The van der Waals surface area contributed by atoms with Crippen molar-refractivity contribution < 1.29 is 23.8 Å². The minimum Gasteiger partial charge on any atom is -0.463 e. The molecule has 1 aromatic rings. The van der Waals surface area contributed by atoms with E-state index in [2.05, 4.69) is 16.8 Å². The molecule has 3 atom stereocenters. The molecule has 1 N–H and O–H groups in total. The monoisotopic (exact) mass is 434 g/mol. The number of esters is 2. The fraction of sp³-hybridized carbons (Fsp3) is 0.636. The number of carbonyl (C=O) groups excluding carboxylic acids is 2. The molecule has 0 spiro atoms. The van der Waals surface area contributed by atoms with E-state index in [1.54, 1.807) is 6.92 Å². The van der Waals surface area contributed by atoms with E-state index in [4.69, 9.17) is 14.2 Å². The van der Waals surface area contributed by atoms with Gasteiger partial charge in [-0.05, 0) is 19.8 Å². The van der Waals surface area contributed by atoms with Gasteiger partial charge in [0.2, 0.25) is 0 Å². The lowest BCUT2D eigenvalue weighted by atomic mass is 10.1. The molecule has 1 fully saturated rings. The summed E-state index contributed by atoms with van der Waals surface area (Å²) in [6, 6.07) is 0. The summed E-state index contributed by atoms with van der Waals surface area (Å²) in [7, 11) is 0. The molecule has 31 heavy (non-hydrogen) atoms. The lowest BCUT2D eigenvalue weighted by molar-refractivity contribution is -0.158. The van der Waals surface area contributed by atoms with E-state index >= 15 is 0 Å². The first kappa shape index (κ1) is 24.4. The van der Waals surface area contributed by atoms with Crippen molar-refractivity contribution in [3.8, 4) is 11.8 Å². The molecule has 2 rings (SSSR count). The van der Waals surface area contributed by atoms with Gasteiger partial charge < -0.3 is 14.2 Å². The summed E-state index contributed by atoms with van der Waals surface area (Å²) in [4.78, 5) is 50.5. The molecule has 0 unspecified atom stereocenters. The van der Waals surface area contributed by atoms with Crippen LogP contribution in [0, 0.1) is 11.8 Å². The number of H-pyrrole nitrogens is 1. The van der Waals surface area contributed by atoms with Crippen molar-refractivity contribution in [2.75, 3.05) is 6.61 Å². The molecule has 0 radical (unpaired) electrons. The van der Waals surface area contributed by atoms with Crippen LogP contribution in [0.5, 0.6) is 0 Å². The predicted molar refractivity (Wildman–Crippen MR) is 112 cm³/mol. The molecule has 0 aliphatic carbocycles. The highest BCUT2D eigenvalue weighted by Gasteiger charge is 2.40. The van der Waals surface area contributed by atoms with E-state index in [1.165, 1.54) is 10.8 Å². The van der Waals surface area contributed by atoms with Gasteiger partial charge in [0.15, 0.2) is 0 Å². The van der Waals surface area contributed by atoms with E-state index in [0.29, 0.717) is 12.8 Å². The number of nitrogens with one attached hydrogen (secondary N) is 1. The molecule has 0 amide bonds. The third-order valence-corrected chi connectivity index (χ3v) is 4.88. The van der Waals surface area contributed by atoms with Crippen LogP contribution in [0.4, 0.5) is 0 Å². The predicted octanol–water partition coefficient (Wildman–Crippen LogP) is 2.03. The van der Waals surface area contributed by atoms with Gasteiger partial charge in [-0.1, -0.05) is 32.6 Å². The molecule has 0 aromatic carbocycles. The average molecular weight is 434 g/mol. The van der Waals surface area contributed by atoms with Crippen molar-refractivity contribution in [1.82, 2.24) is 9.55 Å². The molecular weight excluding hydrogens is 404 g/mol. The summed E-state index contributed by atoms with van der Waals surface area (Å²) in [5.41, 5.74) is -1.12. The largest absolute Gasteiger partial charge is 0.463 e. The van der Waals surface area contributed by atoms with Crippen LogP contribution in [0.2, 0.25) is 0 Å². The maximum atomic E-state index is 12.3. The number of unbranched alkanes of at least 4 members (excludes halogenated alkanes) is 2. The minimum atomic E-state index is -0.801. The first-order valence-electron chi connectivity index (χ1n) is 10.7. The Kier molecular flexibility index (Phi) is 9.53. The van der Waals surface area contributed by atoms with Crippen LogP contribution in [0.25, 0.3) is 0 Å². The van der Waals surface area contributed by atoms with Crippen LogP contribution < -0.4 is 11.2 Å². The Morgan fingerprint density at radius 1 is 1.19 bits per heavy atom. The number of rotatable bonds is 10. The lowest BCUT2D eigenvalue weighted by Gasteiger charge is -2.19. The summed E-state index contributed by atoms with van der Waals surface area (Å²) in [5, 5.41) is 0. The quantitative estimate of drug-likeness (QED) is 0.442. The molecular formula is C22H30N2O7. The smallest absolute Gasteiger partial charge is 0.330 e. The van der Waals surface area contributed by atoms with Gasteiger partial charge in [-0.25, -0.2) is 4.79 Å². The minimum absolute atomic E-state index is 0.0928. The zero-order valence-corrected chi connectivity index (χ0v) is 18.3. The van der Waals surface area contributed by atoms with Crippen LogP contribution in [-0.4, -0.2) is 40.3 Å². The number of aromatic nitrogens is 2. The van der Waals surface area contributed by atoms with Gasteiger partial charge in [0.1, 0.15) is 30.6 Å². The number of aromatic amines is 1. The summed E-state index contributed by atoms with van der Waals surface area (Å²) in [6.07, 6.45) is 3.01. The fourth-order valence-electron chi connectivity index (χ4n) is 3.19. The van der Waals surface area contributed by atoms with Crippen molar-refractivity contribution in [2.24, 2.45) is 0 Å². The number of hydrogen-bond donors (Lipinski definition) is 1. The Hall–Kier alpha value is -2.86. The maximum absolute atomic E-state index is 12.3. The van der Waals surface area contributed by atoms with Crippen molar-refractivity contribution in [3.63, 3.8) is 0 Å². The molecule has 0 saturated carbocycles. The standard InChI is InChI=1S/C22H30N2O7/c1-4-7-10-19(25)29-14-17-16(31-20(26)11-8-5-2)12-18(30-17)24-13-15(9-6-3)21(27)23-22(24)28/h13,16-18H,4-5,7-8,10-12,14H2,1-3H3,(H,23,27,28)/t16-,17+,18+/m0/s1. The summed E-state index contributed by atoms with van der Waals surface area (Å²) in [6.45, 7) is 5.43. The van der Waals surface area contributed by atoms with E-state index in [1.807, 2.05) is 13.8 Å². The molecule has 0 bridgehead atoms. The molecule has 2 heterocycles. The highest BCUT2D eigenvalue weighted by molar-refractivity contribution is 5.70. The van der Waals surface area contributed by atoms with E-state index in [-0.39, 0.29) is 37.0 Å². The van der Waals surface area contributed by atoms with Crippen LogP contribution in [0.15, 0.2) is 15.8 Å². The second-order valence-electron chi connectivity index (χ2n) is 7.37. The Morgan fingerprint density at radius 2 is 1.87 bits per heavy atom. The van der Waals surface area contributed by atoms with Gasteiger partial charge in [-0.3, -0.25) is 23.9 Å². The van der Waals surface area contributed by atoms with Gasteiger partial charge in [-0.2, -0.15) is 0 Å². The lowest BCUT2D eigenvalue weighted by Crippen LogP contribution is -2.34. The van der Waals surface area contributed by atoms with Gasteiger partial charge in [0, 0.05) is 25.5 Å². The second-order valence-corrected chi connectivity index (χ2v) is 7.37.